The van der Waals surface area contributed by atoms with Crippen LogP contribution in [0.4, 0.5) is 0 Å². The minimum atomic E-state index is -0.673. The number of hydrogen-bond donors (Lipinski definition) is 2. The van der Waals surface area contributed by atoms with Gasteiger partial charge in [0, 0.05) is 67.6 Å². The van der Waals surface area contributed by atoms with E-state index in [2.05, 4.69) is 32.3 Å². The average molecular weight is 528 g/mol. The number of piperazine rings is 1. The highest BCUT2D eigenvalue weighted by molar-refractivity contribution is 14.0. The molecule has 1 saturated heterocycles. The maximum Gasteiger partial charge on any atom is 0.191 e. The van der Waals surface area contributed by atoms with E-state index in [-0.39, 0.29) is 24.0 Å². The van der Waals surface area contributed by atoms with Gasteiger partial charge in [-0.05, 0) is 45.2 Å². The van der Waals surface area contributed by atoms with Gasteiger partial charge >= 0.3 is 0 Å². The molecule has 0 bridgehead atoms. The van der Waals surface area contributed by atoms with Crippen molar-refractivity contribution in [2.45, 2.75) is 63.7 Å². The van der Waals surface area contributed by atoms with Crippen LogP contribution in [0.1, 0.15) is 52.4 Å². The Hall–Kier alpha value is 0.0700. The van der Waals surface area contributed by atoms with Crippen LogP contribution < -0.4 is 10.6 Å². The van der Waals surface area contributed by atoms with Crippen LogP contribution in [0.3, 0.4) is 0 Å². The van der Waals surface area contributed by atoms with E-state index in [0.29, 0.717) is 11.3 Å². The molecule has 0 radical (unpaired) electrons. The number of unbranched alkanes of at least 4 members (excludes halogenated alkanes) is 1. The Morgan fingerprint density at radius 2 is 1.82 bits per heavy atom. The molecule has 1 aliphatic carbocycles. The van der Waals surface area contributed by atoms with E-state index in [1.54, 1.807) is 0 Å². The lowest BCUT2D eigenvalue weighted by molar-refractivity contribution is 0.136. The SMILES string of the molecule is CCN1CCN(CCCCNC(=NC)NC2CCCC(S(=O)CC)C2)CC1.I. The van der Waals surface area contributed by atoms with Crippen molar-refractivity contribution < 1.29 is 4.21 Å². The number of likely N-dealkylation sites (N-methyl/N-ethyl adjacent to an activating group) is 1. The van der Waals surface area contributed by atoms with Crippen LogP contribution in [0, 0.1) is 0 Å². The van der Waals surface area contributed by atoms with Gasteiger partial charge in [0.15, 0.2) is 5.96 Å². The summed E-state index contributed by atoms with van der Waals surface area (Å²) in [5, 5.41) is 7.37. The molecule has 3 atom stereocenters. The lowest BCUT2D eigenvalue weighted by Gasteiger charge is -2.34. The number of nitrogens with one attached hydrogen (secondary N) is 2. The first kappa shape index (κ1) is 26.1. The van der Waals surface area contributed by atoms with Gasteiger partial charge in [0.1, 0.15) is 0 Å². The van der Waals surface area contributed by atoms with E-state index < -0.39 is 10.8 Å². The molecule has 6 nitrogen and oxygen atoms in total. The first-order valence-electron chi connectivity index (χ1n) is 10.9. The summed E-state index contributed by atoms with van der Waals surface area (Å²) in [6.07, 6.45) is 6.83. The summed E-state index contributed by atoms with van der Waals surface area (Å²) in [4.78, 5) is 9.50. The second kappa shape index (κ2) is 15.0. The Morgan fingerprint density at radius 3 is 2.46 bits per heavy atom. The van der Waals surface area contributed by atoms with Gasteiger partial charge in [-0.25, -0.2) is 0 Å². The van der Waals surface area contributed by atoms with Crippen molar-refractivity contribution in [3.05, 3.63) is 0 Å². The lowest BCUT2D eigenvalue weighted by Crippen LogP contribution is -2.47. The van der Waals surface area contributed by atoms with Crippen LogP contribution in [-0.2, 0) is 10.8 Å². The number of aliphatic imine (C=N–C) groups is 1. The molecule has 1 aliphatic heterocycles. The fourth-order valence-corrected chi connectivity index (χ4v) is 5.48. The van der Waals surface area contributed by atoms with Gasteiger partial charge in [0.2, 0.25) is 0 Å². The Balaban J connectivity index is 0.00000392. The number of rotatable bonds is 9. The molecule has 2 aliphatic rings. The summed E-state index contributed by atoms with van der Waals surface area (Å²) < 4.78 is 12.1. The standard InChI is InChI=1S/C20H41N5OS.HI/c1-4-24-13-15-25(16-14-24)12-7-6-11-22-20(21-3)23-18-9-8-10-19(17-18)27(26)5-2;/h18-19H,4-17H2,1-3H3,(H2,21,22,23);1H. The highest BCUT2D eigenvalue weighted by Crippen LogP contribution is 2.22. The predicted molar refractivity (Wildman–Crippen MR) is 132 cm³/mol. The van der Waals surface area contributed by atoms with Gasteiger partial charge in [0.25, 0.3) is 0 Å². The summed E-state index contributed by atoms with van der Waals surface area (Å²) in [6, 6.07) is 0.403. The van der Waals surface area contributed by atoms with Crippen molar-refractivity contribution in [1.29, 1.82) is 0 Å². The second-order valence-electron chi connectivity index (χ2n) is 7.78. The molecule has 1 saturated carbocycles. The normalized spacial score (nSPS) is 25.8. The maximum absolute atomic E-state index is 12.1. The van der Waals surface area contributed by atoms with Crippen LogP contribution >= 0.6 is 24.0 Å². The number of nitrogens with zero attached hydrogens (tertiary/aromatic N) is 3. The minimum Gasteiger partial charge on any atom is -0.356 e. The molecular formula is C20H42IN5OS. The third-order valence-corrected chi connectivity index (χ3v) is 7.69. The van der Waals surface area contributed by atoms with E-state index in [1.807, 2.05) is 14.0 Å². The molecule has 2 N–H and O–H groups in total. The zero-order valence-electron chi connectivity index (χ0n) is 18.1. The van der Waals surface area contributed by atoms with Crippen LogP contribution in [0.25, 0.3) is 0 Å². The number of halogens is 1. The molecular weight excluding hydrogens is 485 g/mol. The zero-order chi connectivity index (χ0) is 19.5. The van der Waals surface area contributed by atoms with Crippen LogP contribution in [0.2, 0.25) is 0 Å². The fourth-order valence-electron chi connectivity index (χ4n) is 4.13. The van der Waals surface area contributed by atoms with E-state index in [9.17, 15) is 4.21 Å². The Labute approximate surface area is 192 Å². The second-order valence-corrected chi connectivity index (χ2v) is 9.79. The van der Waals surface area contributed by atoms with Crippen molar-refractivity contribution in [2.24, 2.45) is 4.99 Å². The van der Waals surface area contributed by atoms with Crippen molar-refractivity contribution >= 4 is 40.7 Å². The zero-order valence-corrected chi connectivity index (χ0v) is 21.3. The molecule has 3 unspecified atom stereocenters. The van der Waals surface area contributed by atoms with Gasteiger partial charge in [-0.15, -0.1) is 24.0 Å². The third-order valence-electron chi connectivity index (χ3n) is 5.95. The first-order chi connectivity index (χ1) is 13.2. The number of guanidine groups is 1. The maximum atomic E-state index is 12.1. The smallest absolute Gasteiger partial charge is 0.191 e. The van der Waals surface area contributed by atoms with E-state index >= 15 is 0 Å². The monoisotopic (exact) mass is 527 g/mol. The van der Waals surface area contributed by atoms with Crippen LogP contribution in [0.5, 0.6) is 0 Å². The van der Waals surface area contributed by atoms with Gasteiger partial charge in [-0.1, -0.05) is 20.3 Å². The highest BCUT2D eigenvalue weighted by Gasteiger charge is 2.26. The van der Waals surface area contributed by atoms with Gasteiger partial charge in [0.05, 0.1) is 0 Å². The minimum absolute atomic E-state index is 0. The van der Waals surface area contributed by atoms with Crippen molar-refractivity contribution in [1.82, 2.24) is 20.4 Å². The molecule has 0 aromatic rings. The van der Waals surface area contributed by atoms with Gasteiger partial charge in [-0.3, -0.25) is 9.20 Å². The summed E-state index contributed by atoms with van der Waals surface area (Å²) >= 11 is 0. The summed E-state index contributed by atoms with van der Waals surface area (Å²) in [5.74, 6) is 1.68. The first-order valence-corrected chi connectivity index (χ1v) is 12.3. The quantitative estimate of drug-likeness (QED) is 0.209. The molecule has 1 heterocycles. The van der Waals surface area contributed by atoms with E-state index in [0.717, 1.165) is 43.9 Å². The molecule has 0 aromatic carbocycles. The molecule has 2 rings (SSSR count). The molecule has 0 amide bonds. The van der Waals surface area contributed by atoms with Crippen molar-refractivity contribution in [2.75, 3.05) is 58.6 Å². The van der Waals surface area contributed by atoms with Crippen LogP contribution in [0.15, 0.2) is 4.99 Å². The fraction of sp³-hybridized carbons (Fsp3) is 0.950. The van der Waals surface area contributed by atoms with Crippen LogP contribution in [-0.4, -0.2) is 89.9 Å². The highest BCUT2D eigenvalue weighted by atomic mass is 127. The molecule has 0 aromatic heterocycles. The topological polar surface area (TPSA) is 60.0 Å². The summed E-state index contributed by atoms with van der Waals surface area (Å²) in [5.41, 5.74) is 0. The Morgan fingerprint density at radius 1 is 1.11 bits per heavy atom. The largest absolute Gasteiger partial charge is 0.356 e. The Bertz CT molecular complexity index is 472. The molecule has 28 heavy (non-hydrogen) atoms. The molecule has 166 valence electrons. The van der Waals surface area contributed by atoms with Gasteiger partial charge in [-0.2, -0.15) is 0 Å². The summed E-state index contributed by atoms with van der Waals surface area (Å²) in [6.45, 7) is 12.5. The van der Waals surface area contributed by atoms with E-state index in [1.165, 1.54) is 52.1 Å². The Kier molecular flexibility index (Phi) is 13.9. The van der Waals surface area contributed by atoms with Gasteiger partial charge < -0.3 is 20.4 Å². The molecule has 0 spiro atoms. The summed E-state index contributed by atoms with van der Waals surface area (Å²) in [7, 11) is 1.17. The third kappa shape index (κ3) is 9.26. The van der Waals surface area contributed by atoms with Crippen molar-refractivity contribution in [3.8, 4) is 0 Å². The number of hydrogen-bond acceptors (Lipinski definition) is 4. The van der Waals surface area contributed by atoms with Crippen molar-refractivity contribution in [3.63, 3.8) is 0 Å². The predicted octanol–water partition coefficient (Wildman–Crippen LogP) is 2.27. The van der Waals surface area contributed by atoms with E-state index in [4.69, 9.17) is 0 Å². The lowest BCUT2D eigenvalue weighted by atomic mass is 9.95. The average Bonchev–Trinajstić information content (AvgIpc) is 2.72. The molecule has 2 fully saturated rings. The molecule has 8 heteroatoms.